The molecule has 0 aliphatic heterocycles. The first kappa shape index (κ1) is 16.8. The van der Waals surface area contributed by atoms with E-state index in [1.165, 1.54) is 0 Å². The van der Waals surface area contributed by atoms with Crippen LogP contribution in [0.15, 0.2) is 24.3 Å². The van der Waals surface area contributed by atoms with Gasteiger partial charge in [0.25, 0.3) is 5.91 Å². The van der Waals surface area contributed by atoms with Crippen molar-refractivity contribution in [1.29, 1.82) is 0 Å². The minimum absolute atomic E-state index is 0.00254. The number of hydrogen-bond acceptors (Lipinski definition) is 3. The Morgan fingerprint density at radius 3 is 2.55 bits per heavy atom. The Kier molecular flexibility index (Phi) is 6.30. The number of carbonyl (C=O) groups excluding carboxylic acids is 1. The molecule has 4 nitrogen and oxygen atoms in total. The van der Waals surface area contributed by atoms with Crippen molar-refractivity contribution in [3.05, 3.63) is 29.3 Å². The molecule has 20 heavy (non-hydrogen) atoms. The van der Waals surface area contributed by atoms with Crippen LogP contribution in [0.5, 0.6) is 5.75 Å². The molecule has 1 atom stereocenters. The summed E-state index contributed by atoms with van der Waals surface area (Å²) in [6.45, 7) is 5.47. The predicted octanol–water partition coefficient (Wildman–Crippen LogP) is 2.77. The molecule has 1 unspecified atom stereocenters. The number of amides is 1. The molecule has 0 saturated heterocycles. The summed E-state index contributed by atoms with van der Waals surface area (Å²) in [5.74, 6) is 0.412. The van der Waals surface area contributed by atoms with Crippen molar-refractivity contribution >= 4 is 17.5 Å². The average molecular weight is 300 g/mol. The maximum absolute atomic E-state index is 12.2. The van der Waals surface area contributed by atoms with Gasteiger partial charge in [0, 0.05) is 17.7 Å². The normalized spacial score (nSPS) is 12.8. The third-order valence-electron chi connectivity index (χ3n) is 2.91. The number of ether oxygens (including phenoxy) is 1. The minimum atomic E-state index is -0.971. The van der Waals surface area contributed by atoms with Crippen LogP contribution in [0.25, 0.3) is 0 Å². The molecule has 0 radical (unpaired) electrons. The summed E-state index contributed by atoms with van der Waals surface area (Å²) in [6.07, 6.45) is 1.40. The Morgan fingerprint density at radius 1 is 1.40 bits per heavy atom. The molecule has 5 heteroatoms. The van der Waals surface area contributed by atoms with Crippen molar-refractivity contribution in [3.63, 3.8) is 0 Å². The minimum Gasteiger partial charge on any atom is -0.478 e. The Morgan fingerprint density at radius 2 is 2.00 bits per heavy atom. The number of halogens is 1. The van der Waals surface area contributed by atoms with Crippen LogP contribution in [0, 0.1) is 0 Å². The number of aliphatic hydroxyl groups is 1. The first-order valence-electron chi connectivity index (χ1n) is 6.71. The van der Waals surface area contributed by atoms with Gasteiger partial charge in [-0.25, -0.2) is 0 Å². The standard InChI is InChI=1S/C15H22ClNO3/c1-11(5-4-10-18)17-14(19)15(2,3)20-13-8-6-12(16)7-9-13/h6-9,11,18H,4-5,10H2,1-3H3,(H,17,19). The van der Waals surface area contributed by atoms with Crippen molar-refractivity contribution < 1.29 is 14.6 Å². The van der Waals surface area contributed by atoms with E-state index in [1.54, 1.807) is 38.1 Å². The van der Waals surface area contributed by atoms with E-state index in [4.69, 9.17) is 21.4 Å². The van der Waals surface area contributed by atoms with Crippen LogP contribution < -0.4 is 10.1 Å². The second-order valence-corrected chi connectivity index (χ2v) is 5.74. The van der Waals surface area contributed by atoms with Crippen LogP contribution >= 0.6 is 11.6 Å². The number of rotatable bonds is 7. The van der Waals surface area contributed by atoms with Gasteiger partial charge in [-0.2, -0.15) is 0 Å². The van der Waals surface area contributed by atoms with E-state index >= 15 is 0 Å². The largest absolute Gasteiger partial charge is 0.478 e. The highest BCUT2D eigenvalue weighted by molar-refractivity contribution is 6.30. The van der Waals surface area contributed by atoms with E-state index in [-0.39, 0.29) is 18.6 Å². The highest BCUT2D eigenvalue weighted by Crippen LogP contribution is 2.21. The SMILES string of the molecule is CC(CCCO)NC(=O)C(C)(C)Oc1ccc(Cl)cc1. The van der Waals surface area contributed by atoms with E-state index in [0.29, 0.717) is 17.2 Å². The van der Waals surface area contributed by atoms with Crippen LogP contribution in [0.1, 0.15) is 33.6 Å². The quantitative estimate of drug-likeness (QED) is 0.814. The van der Waals surface area contributed by atoms with E-state index in [1.807, 2.05) is 6.92 Å². The molecule has 0 aliphatic rings. The second-order valence-electron chi connectivity index (χ2n) is 5.31. The number of hydrogen-bond donors (Lipinski definition) is 2. The lowest BCUT2D eigenvalue weighted by Gasteiger charge is -2.27. The van der Waals surface area contributed by atoms with E-state index in [9.17, 15) is 4.79 Å². The summed E-state index contributed by atoms with van der Waals surface area (Å²) in [6, 6.07) is 6.89. The summed E-state index contributed by atoms with van der Waals surface area (Å²) >= 11 is 5.81. The molecule has 0 spiro atoms. The van der Waals surface area contributed by atoms with Gasteiger partial charge in [0.1, 0.15) is 5.75 Å². The first-order chi connectivity index (χ1) is 9.35. The molecule has 1 aromatic rings. The van der Waals surface area contributed by atoms with Crippen molar-refractivity contribution in [2.45, 2.75) is 45.3 Å². The zero-order valence-electron chi connectivity index (χ0n) is 12.1. The number of aliphatic hydroxyl groups excluding tert-OH is 1. The lowest BCUT2D eigenvalue weighted by molar-refractivity contribution is -0.134. The molecule has 112 valence electrons. The molecule has 0 aromatic heterocycles. The Bertz CT molecular complexity index is 431. The lowest BCUT2D eigenvalue weighted by Crippen LogP contribution is -2.49. The van der Waals surface area contributed by atoms with E-state index in [0.717, 1.165) is 6.42 Å². The molecule has 0 heterocycles. The monoisotopic (exact) mass is 299 g/mol. The molecule has 0 fully saturated rings. The molecule has 1 amide bonds. The van der Waals surface area contributed by atoms with Gasteiger partial charge < -0.3 is 15.2 Å². The molecule has 1 aromatic carbocycles. The van der Waals surface area contributed by atoms with Gasteiger partial charge in [-0.3, -0.25) is 4.79 Å². The molecule has 0 bridgehead atoms. The summed E-state index contributed by atoms with van der Waals surface area (Å²) in [5, 5.41) is 12.3. The summed E-state index contributed by atoms with van der Waals surface area (Å²) < 4.78 is 5.70. The van der Waals surface area contributed by atoms with Crippen LogP contribution in [-0.2, 0) is 4.79 Å². The highest BCUT2D eigenvalue weighted by atomic mass is 35.5. The van der Waals surface area contributed by atoms with Crippen LogP contribution in [-0.4, -0.2) is 29.3 Å². The molecule has 0 saturated carbocycles. The van der Waals surface area contributed by atoms with Crippen molar-refractivity contribution in [3.8, 4) is 5.75 Å². The van der Waals surface area contributed by atoms with Crippen molar-refractivity contribution in [2.75, 3.05) is 6.61 Å². The van der Waals surface area contributed by atoms with Gasteiger partial charge in [-0.05, 0) is 57.9 Å². The lowest BCUT2D eigenvalue weighted by atomic mass is 10.1. The third-order valence-corrected chi connectivity index (χ3v) is 3.16. The van der Waals surface area contributed by atoms with Crippen molar-refractivity contribution in [1.82, 2.24) is 5.32 Å². The summed E-state index contributed by atoms with van der Waals surface area (Å²) in [5.41, 5.74) is -0.971. The van der Waals surface area contributed by atoms with Gasteiger partial charge in [0.05, 0.1) is 0 Å². The molecule has 2 N–H and O–H groups in total. The smallest absolute Gasteiger partial charge is 0.263 e. The van der Waals surface area contributed by atoms with Crippen LogP contribution in [0.2, 0.25) is 5.02 Å². The zero-order chi connectivity index (χ0) is 15.2. The van der Waals surface area contributed by atoms with Gasteiger partial charge in [0.2, 0.25) is 0 Å². The number of nitrogens with one attached hydrogen (secondary N) is 1. The zero-order valence-corrected chi connectivity index (χ0v) is 12.9. The van der Waals surface area contributed by atoms with Crippen LogP contribution in [0.4, 0.5) is 0 Å². The molecule has 1 rings (SSSR count). The molecular weight excluding hydrogens is 278 g/mol. The maximum Gasteiger partial charge on any atom is 0.263 e. The second kappa shape index (κ2) is 7.50. The summed E-state index contributed by atoms with van der Waals surface area (Å²) in [4.78, 5) is 12.2. The maximum atomic E-state index is 12.2. The van der Waals surface area contributed by atoms with Gasteiger partial charge >= 0.3 is 0 Å². The van der Waals surface area contributed by atoms with Crippen molar-refractivity contribution in [2.24, 2.45) is 0 Å². The average Bonchev–Trinajstić information content (AvgIpc) is 2.38. The number of benzene rings is 1. The molecular formula is C15H22ClNO3. The highest BCUT2D eigenvalue weighted by Gasteiger charge is 2.30. The Hall–Kier alpha value is -1.26. The van der Waals surface area contributed by atoms with Gasteiger partial charge in [0.15, 0.2) is 5.60 Å². The fraction of sp³-hybridized carbons (Fsp3) is 0.533. The van der Waals surface area contributed by atoms with E-state index < -0.39 is 5.60 Å². The first-order valence-corrected chi connectivity index (χ1v) is 7.09. The van der Waals surface area contributed by atoms with Gasteiger partial charge in [-0.15, -0.1) is 0 Å². The van der Waals surface area contributed by atoms with Gasteiger partial charge in [-0.1, -0.05) is 11.6 Å². The van der Waals surface area contributed by atoms with Crippen LogP contribution in [0.3, 0.4) is 0 Å². The van der Waals surface area contributed by atoms with E-state index in [2.05, 4.69) is 5.32 Å². The summed E-state index contributed by atoms with van der Waals surface area (Å²) in [7, 11) is 0. The Labute approximate surface area is 125 Å². The predicted molar refractivity (Wildman–Crippen MR) is 80.1 cm³/mol. The fourth-order valence-corrected chi connectivity index (χ4v) is 1.84. The number of carbonyl (C=O) groups is 1. The molecule has 0 aliphatic carbocycles. The third kappa shape index (κ3) is 5.39. The Balaban J connectivity index is 2.58. The fourth-order valence-electron chi connectivity index (χ4n) is 1.71. The topological polar surface area (TPSA) is 58.6 Å².